The Kier molecular flexibility index (Phi) is 12.8. The van der Waals surface area contributed by atoms with Crippen LogP contribution in [0.5, 0.6) is 5.75 Å². The van der Waals surface area contributed by atoms with E-state index in [-0.39, 0.29) is 31.1 Å². The van der Waals surface area contributed by atoms with Gasteiger partial charge in [-0.2, -0.15) is 0 Å². The summed E-state index contributed by atoms with van der Waals surface area (Å²) in [5.74, 6) is -1.90. The van der Waals surface area contributed by atoms with Gasteiger partial charge in [0.1, 0.15) is 27.8 Å². The summed E-state index contributed by atoms with van der Waals surface area (Å²) >= 11 is 2.70. The third-order valence-corrected chi connectivity index (χ3v) is 8.26. The van der Waals surface area contributed by atoms with Crippen LogP contribution >= 0.6 is 22.7 Å². The molecule has 244 valence electrons. The fraction of sp³-hybridized carbons (Fsp3) is 0.250. The molecule has 0 bridgehead atoms. The molecule has 0 aliphatic rings. The lowest BCUT2D eigenvalue weighted by Crippen LogP contribution is -2.27. The van der Waals surface area contributed by atoms with Crippen molar-refractivity contribution in [3.8, 4) is 5.75 Å². The van der Waals surface area contributed by atoms with Crippen molar-refractivity contribution >= 4 is 77.3 Å². The molecule has 0 atom stereocenters. The number of thiophene rings is 1. The van der Waals surface area contributed by atoms with E-state index in [0.717, 1.165) is 33.9 Å². The Bertz CT molecular complexity index is 1750. The van der Waals surface area contributed by atoms with E-state index in [1.165, 1.54) is 34.8 Å². The molecule has 0 unspecified atom stereocenters. The number of nitrogens with zero attached hydrogens (tertiary/aromatic N) is 6. The lowest BCUT2D eigenvalue weighted by atomic mass is 10.2. The fourth-order valence-corrected chi connectivity index (χ4v) is 5.81. The van der Waals surface area contributed by atoms with Gasteiger partial charge < -0.3 is 24.2 Å². The molecular formula is C32H32N6O7S2. The van der Waals surface area contributed by atoms with E-state index in [0.29, 0.717) is 40.9 Å². The molecule has 2 aromatic heterocycles. The number of rotatable bonds is 17. The maximum absolute atomic E-state index is 12.3. The molecule has 2 heterocycles. The van der Waals surface area contributed by atoms with Gasteiger partial charge in [-0.1, -0.05) is 35.8 Å². The van der Waals surface area contributed by atoms with E-state index in [1.54, 1.807) is 6.07 Å². The Hall–Kier alpha value is -5.28. The first-order chi connectivity index (χ1) is 22.8. The molecule has 0 saturated heterocycles. The predicted molar refractivity (Wildman–Crippen MR) is 180 cm³/mol. The highest BCUT2D eigenvalue weighted by Crippen LogP contribution is 2.39. The quantitative estimate of drug-likeness (QED) is 0.0382. The average Bonchev–Trinajstić information content (AvgIpc) is 3.65. The Balaban J connectivity index is 1.28. The van der Waals surface area contributed by atoms with E-state index in [1.807, 2.05) is 37.3 Å². The van der Waals surface area contributed by atoms with Gasteiger partial charge in [-0.3, -0.25) is 0 Å². The Morgan fingerprint density at radius 2 is 1.51 bits per heavy atom. The first kappa shape index (κ1) is 34.6. The molecule has 13 nitrogen and oxygen atoms in total. The number of benzene rings is 2. The van der Waals surface area contributed by atoms with Crippen LogP contribution in [0.25, 0.3) is 9.53 Å². The van der Waals surface area contributed by atoms with Crippen LogP contribution in [0, 0.1) is 0 Å². The summed E-state index contributed by atoms with van der Waals surface area (Å²) in [4.78, 5) is 41.9. The second-order valence-corrected chi connectivity index (χ2v) is 11.6. The van der Waals surface area contributed by atoms with Crippen LogP contribution < -0.4 is 4.90 Å². The molecule has 0 aliphatic carbocycles. The summed E-state index contributed by atoms with van der Waals surface area (Å²) in [6.45, 7) is 10.6. The van der Waals surface area contributed by atoms with Crippen molar-refractivity contribution in [1.82, 2.24) is 4.98 Å². The van der Waals surface area contributed by atoms with Crippen molar-refractivity contribution in [2.45, 2.75) is 19.8 Å². The summed E-state index contributed by atoms with van der Waals surface area (Å²) in [5.41, 5.74) is 2.00. The summed E-state index contributed by atoms with van der Waals surface area (Å²) in [5, 5.41) is 28.4. The number of hydrogen-bond donors (Lipinski definition) is 1. The predicted octanol–water partition coefficient (Wildman–Crippen LogP) is 8.12. The summed E-state index contributed by atoms with van der Waals surface area (Å²) < 4.78 is 16.0. The number of ether oxygens (including phenoxy) is 3. The number of carbonyl (C=O) groups is 3. The molecule has 4 aromatic rings. The van der Waals surface area contributed by atoms with Crippen LogP contribution in [0.15, 0.2) is 94.3 Å². The van der Waals surface area contributed by atoms with Gasteiger partial charge in [-0.15, -0.1) is 20.5 Å². The second kappa shape index (κ2) is 17.4. The van der Waals surface area contributed by atoms with Gasteiger partial charge in [0.25, 0.3) is 0 Å². The number of unbranched alkanes of at least 4 members (excludes halogenated alkanes) is 1. The molecule has 0 fully saturated rings. The van der Waals surface area contributed by atoms with Crippen molar-refractivity contribution < 1.29 is 33.7 Å². The highest BCUT2D eigenvalue weighted by molar-refractivity contribution is 7.30. The number of hydrogen-bond acceptors (Lipinski definition) is 15. The number of esters is 3. The summed E-state index contributed by atoms with van der Waals surface area (Å²) in [6, 6.07) is 13.7. The minimum atomic E-state index is -0.674. The van der Waals surface area contributed by atoms with Gasteiger partial charge in [0, 0.05) is 30.5 Å². The minimum absolute atomic E-state index is 0.00666. The number of anilines is 1. The lowest BCUT2D eigenvalue weighted by molar-refractivity contribution is -0.138. The van der Waals surface area contributed by atoms with Crippen molar-refractivity contribution in [3.05, 3.63) is 79.4 Å². The fourth-order valence-electron chi connectivity index (χ4n) is 3.96. The van der Waals surface area contributed by atoms with Crippen molar-refractivity contribution in [1.29, 1.82) is 0 Å². The molecule has 2 aromatic carbocycles. The van der Waals surface area contributed by atoms with Gasteiger partial charge in [0.05, 0.1) is 35.8 Å². The van der Waals surface area contributed by atoms with Crippen LogP contribution in [-0.4, -0.2) is 60.9 Å². The zero-order valence-electron chi connectivity index (χ0n) is 25.5. The van der Waals surface area contributed by atoms with Gasteiger partial charge >= 0.3 is 17.9 Å². The molecular weight excluding hydrogens is 645 g/mol. The van der Waals surface area contributed by atoms with Gasteiger partial charge in [-0.25, -0.2) is 19.4 Å². The first-order valence-corrected chi connectivity index (χ1v) is 16.1. The summed E-state index contributed by atoms with van der Waals surface area (Å²) in [7, 11) is 0. The molecule has 47 heavy (non-hydrogen) atoms. The van der Waals surface area contributed by atoms with Gasteiger partial charge in [-0.05, 0) is 62.2 Å². The monoisotopic (exact) mass is 676 g/mol. The van der Waals surface area contributed by atoms with Crippen LogP contribution in [0.4, 0.5) is 27.2 Å². The van der Waals surface area contributed by atoms with Crippen LogP contribution in [0.1, 0.15) is 30.1 Å². The maximum atomic E-state index is 12.3. The van der Waals surface area contributed by atoms with E-state index in [2.05, 4.69) is 43.5 Å². The number of aromatic hydroxyl groups is 1. The molecule has 0 aliphatic heterocycles. The number of azo groups is 2. The molecule has 0 radical (unpaired) electrons. The second-order valence-electron chi connectivity index (χ2n) is 9.53. The lowest BCUT2D eigenvalue weighted by Gasteiger charge is -2.22. The third kappa shape index (κ3) is 10.4. The highest BCUT2D eigenvalue weighted by atomic mass is 32.1. The van der Waals surface area contributed by atoms with Crippen LogP contribution in [0.2, 0.25) is 0 Å². The summed E-state index contributed by atoms with van der Waals surface area (Å²) in [6.07, 6.45) is 3.24. The molecule has 0 spiro atoms. The zero-order valence-corrected chi connectivity index (χ0v) is 27.2. The van der Waals surface area contributed by atoms with E-state index in [9.17, 15) is 19.5 Å². The first-order valence-electron chi connectivity index (χ1n) is 14.5. The number of fused-ring (bicyclic) bond motifs is 1. The van der Waals surface area contributed by atoms with Crippen LogP contribution in [0.3, 0.4) is 0 Å². The van der Waals surface area contributed by atoms with Gasteiger partial charge in [0.15, 0.2) is 0 Å². The minimum Gasteiger partial charge on any atom is -0.507 e. The largest absolute Gasteiger partial charge is 0.507 e. The van der Waals surface area contributed by atoms with Crippen molar-refractivity contribution in [2.75, 3.05) is 37.8 Å². The molecule has 4 rings (SSSR count). The SMILES string of the molecule is C=CC(=O)OCCCCOC(=O)c1ccc(/N=N/c2cc3sc(/N=N/c4ccc(N(CC)CCOC(=O)C=C)cc4)nc3s2)cc1O. The molecule has 0 amide bonds. The number of aromatic nitrogens is 1. The normalized spacial score (nSPS) is 11.2. The zero-order chi connectivity index (χ0) is 33.6. The standard InChI is InChI=1S/C32H32N6O7S2/c1-4-28(40)43-16-7-8-17-45-31(42)24-14-11-22(19-25(24)39)35-36-27-20-26-30(47-27)33-32(46-26)37-34-21-9-12-23(13-10-21)38(6-3)15-18-44-29(41)5-2/h4-5,9-14,19-20,39H,1-2,6-8,15-18H2,3H3/b36-35+,37-34+. The molecule has 0 saturated carbocycles. The number of likely N-dealkylation sites (N-methyl/N-ethyl adjacent to an activating group) is 1. The topological polar surface area (TPSA) is 165 Å². The Labute approximate surface area is 278 Å². The van der Waals surface area contributed by atoms with E-state index >= 15 is 0 Å². The average molecular weight is 677 g/mol. The number of carbonyl (C=O) groups excluding carboxylic acids is 3. The Morgan fingerprint density at radius 3 is 2.17 bits per heavy atom. The smallest absolute Gasteiger partial charge is 0.341 e. The van der Waals surface area contributed by atoms with Crippen molar-refractivity contribution in [3.63, 3.8) is 0 Å². The number of phenols is 1. The van der Waals surface area contributed by atoms with Crippen molar-refractivity contribution in [2.24, 2.45) is 20.5 Å². The molecule has 1 N–H and O–H groups in total. The van der Waals surface area contributed by atoms with Crippen LogP contribution in [-0.2, 0) is 23.8 Å². The van der Waals surface area contributed by atoms with E-state index < -0.39 is 17.9 Å². The number of thiazole rings is 1. The molecule has 15 heteroatoms. The Morgan fingerprint density at radius 1 is 0.851 bits per heavy atom. The number of phenolic OH excluding ortho intramolecular Hbond substituents is 1. The maximum Gasteiger partial charge on any atom is 0.341 e. The van der Waals surface area contributed by atoms with E-state index in [4.69, 9.17) is 14.2 Å². The third-order valence-electron chi connectivity index (χ3n) is 6.33. The highest BCUT2D eigenvalue weighted by Gasteiger charge is 2.14. The van der Waals surface area contributed by atoms with Gasteiger partial charge in [0.2, 0.25) is 5.13 Å².